The van der Waals surface area contributed by atoms with E-state index in [-0.39, 0.29) is 45.0 Å². The van der Waals surface area contributed by atoms with Gasteiger partial charge in [-0.1, -0.05) is 127 Å². The maximum atomic E-state index is 9.71. The molecular weight excluding hydrogens is 687 g/mol. The van der Waals surface area contributed by atoms with E-state index >= 15 is 0 Å². The van der Waals surface area contributed by atoms with Gasteiger partial charge in [-0.05, 0) is 93.9 Å². The highest BCUT2D eigenvalue weighted by molar-refractivity contribution is 6.08. The SMILES string of the molecule is [2H]c1c([2H])c([2H])c(-c2c([2H])c(-c3cc([2H])c4oc5c([2H])c(-c6nc(-c7ccccc7)nc(-c7ccc8c(c7)oc7ccccc78)n6)c([2H])c([2H])c5c4c3[2H])c([2H])c(-c3c([2H])c([2H])c([2H])c([2H])c3[2H])c2[2H])c([2H])c1[2H]. The second kappa shape index (κ2) is 13.0. The van der Waals surface area contributed by atoms with Crippen molar-refractivity contribution >= 4 is 43.9 Å². The molecule has 8 aromatic carbocycles. The van der Waals surface area contributed by atoms with E-state index in [0.29, 0.717) is 22.3 Å². The fourth-order valence-corrected chi connectivity index (χ4v) is 6.49. The van der Waals surface area contributed by atoms with Crippen molar-refractivity contribution in [1.29, 1.82) is 0 Å². The van der Waals surface area contributed by atoms with Crippen LogP contribution in [-0.2, 0) is 0 Å². The molecule has 0 atom stereocenters. The Morgan fingerprint density at radius 1 is 0.321 bits per heavy atom. The number of nitrogens with zero attached hydrogens (tertiary/aromatic N) is 3. The first kappa shape index (κ1) is 18.6. The van der Waals surface area contributed by atoms with Crippen LogP contribution in [0.4, 0.5) is 0 Å². The lowest BCUT2D eigenvalue weighted by molar-refractivity contribution is 0.668. The molecule has 0 amide bonds. The number of rotatable bonds is 6. The molecule has 262 valence electrons. The Balaban J connectivity index is 1.18. The van der Waals surface area contributed by atoms with Gasteiger partial charge in [0.05, 0.1) is 24.7 Å². The highest BCUT2D eigenvalue weighted by Gasteiger charge is 2.17. The molecule has 56 heavy (non-hydrogen) atoms. The molecule has 0 radical (unpaired) electrons. The van der Waals surface area contributed by atoms with Crippen LogP contribution >= 0.6 is 0 Å². The molecule has 0 aliphatic heterocycles. The second-order valence-electron chi connectivity index (χ2n) is 12.6. The monoisotopic (exact) mass is 735 g/mol. The maximum Gasteiger partial charge on any atom is 0.164 e. The fourth-order valence-electron chi connectivity index (χ4n) is 6.49. The third-order valence-electron chi connectivity index (χ3n) is 9.11. The van der Waals surface area contributed by atoms with E-state index in [2.05, 4.69) is 0 Å². The summed E-state index contributed by atoms with van der Waals surface area (Å²) in [4.78, 5) is 14.2. The lowest BCUT2D eigenvalue weighted by Gasteiger charge is -2.11. The molecule has 0 fully saturated rings. The Labute approximate surface area is 347 Å². The van der Waals surface area contributed by atoms with E-state index in [4.69, 9.17) is 37.5 Å². The highest BCUT2D eigenvalue weighted by atomic mass is 16.3. The van der Waals surface area contributed by atoms with Crippen LogP contribution in [0.5, 0.6) is 0 Å². The molecule has 5 nitrogen and oxygen atoms in total. The summed E-state index contributed by atoms with van der Waals surface area (Å²) >= 11 is 0. The van der Waals surface area contributed by atoms with E-state index in [1.165, 1.54) is 0 Å². The summed E-state index contributed by atoms with van der Waals surface area (Å²) in [5, 5.41) is 1.14. The lowest BCUT2D eigenvalue weighted by atomic mass is 9.93. The van der Waals surface area contributed by atoms with Gasteiger partial charge in [0.25, 0.3) is 0 Å². The average Bonchev–Trinajstić information content (AvgIpc) is 4.00. The van der Waals surface area contributed by atoms with Gasteiger partial charge >= 0.3 is 0 Å². The van der Waals surface area contributed by atoms with E-state index < -0.39 is 142 Å². The third-order valence-corrected chi connectivity index (χ3v) is 9.11. The van der Waals surface area contributed by atoms with Crippen LogP contribution in [0.2, 0.25) is 0 Å². The average molecular weight is 736 g/mol. The summed E-state index contributed by atoms with van der Waals surface area (Å²) in [5.41, 5.74) is -2.57. The molecule has 3 heterocycles. The molecule has 0 bridgehead atoms. The Morgan fingerprint density at radius 2 is 0.929 bits per heavy atom. The van der Waals surface area contributed by atoms with Crippen molar-refractivity contribution < 1.29 is 33.5 Å². The van der Waals surface area contributed by atoms with Crippen LogP contribution in [-0.4, -0.2) is 15.0 Å². The molecule has 5 heteroatoms. The zero-order chi connectivity index (χ0) is 52.7. The Morgan fingerprint density at radius 3 is 1.66 bits per heavy atom. The molecule has 0 saturated carbocycles. The minimum atomic E-state index is -0.904. The van der Waals surface area contributed by atoms with Gasteiger partial charge in [-0.3, -0.25) is 0 Å². The molecule has 0 saturated heterocycles. The predicted octanol–water partition coefficient (Wildman–Crippen LogP) is 13.7. The second-order valence-corrected chi connectivity index (χ2v) is 12.6. The third kappa shape index (κ3) is 5.62. The van der Waals surface area contributed by atoms with Crippen molar-refractivity contribution in [3.8, 4) is 67.5 Å². The van der Waals surface area contributed by atoms with Crippen molar-refractivity contribution in [3.05, 3.63) is 188 Å². The lowest BCUT2D eigenvalue weighted by Crippen LogP contribution is -2.00. The van der Waals surface area contributed by atoms with Crippen molar-refractivity contribution in [2.75, 3.05) is 0 Å². The van der Waals surface area contributed by atoms with Gasteiger partial charge in [0.1, 0.15) is 22.3 Å². The molecule has 11 aromatic rings. The normalized spacial score (nSPS) is 16.1. The van der Waals surface area contributed by atoms with Crippen molar-refractivity contribution in [3.63, 3.8) is 0 Å². The van der Waals surface area contributed by atoms with E-state index in [1.807, 2.05) is 30.3 Å². The number of fused-ring (bicyclic) bond motifs is 6. The van der Waals surface area contributed by atoms with Crippen LogP contribution in [0.3, 0.4) is 0 Å². The van der Waals surface area contributed by atoms with Crippen molar-refractivity contribution in [1.82, 2.24) is 15.0 Å². The minimum Gasteiger partial charge on any atom is -0.456 e. The molecule has 3 aromatic heterocycles. The summed E-state index contributed by atoms with van der Waals surface area (Å²) in [6.45, 7) is 0. The van der Waals surface area contributed by atoms with Crippen molar-refractivity contribution in [2.45, 2.75) is 0 Å². The Bertz CT molecular complexity index is 4160. The molecule has 0 N–H and O–H groups in total. The number of benzene rings is 8. The van der Waals surface area contributed by atoms with Gasteiger partial charge < -0.3 is 8.83 Å². The fraction of sp³-hybridized carbons (Fsp3) is 0. The van der Waals surface area contributed by atoms with Crippen LogP contribution in [0.25, 0.3) is 111 Å². The van der Waals surface area contributed by atoms with Gasteiger partial charge in [-0.2, -0.15) is 0 Å². The first-order chi connectivity index (χ1) is 35.2. The first-order valence-electron chi connectivity index (χ1n) is 26.2. The van der Waals surface area contributed by atoms with E-state index in [9.17, 15) is 11.0 Å². The van der Waals surface area contributed by atoms with Crippen molar-refractivity contribution in [2.24, 2.45) is 0 Å². The number of hydrogen-bond donors (Lipinski definition) is 0. The smallest absolute Gasteiger partial charge is 0.164 e. The molecule has 0 unspecified atom stereocenters. The van der Waals surface area contributed by atoms with Crippen LogP contribution < -0.4 is 0 Å². The summed E-state index contributed by atoms with van der Waals surface area (Å²) in [6.07, 6.45) is 0. The summed E-state index contributed by atoms with van der Waals surface area (Å²) < 4.78 is 174. The Kier molecular flexibility index (Phi) is 4.33. The van der Waals surface area contributed by atoms with Gasteiger partial charge in [-0.25, -0.2) is 15.0 Å². The van der Waals surface area contributed by atoms with E-state index in [0.717, 1.165) is 16.8 Å². The van der Waals surface area contributed by atoms with Crippen LogP contribution in [0.1, 0.15) is 24.7 Å². The largest absolute Gasteiger partial charge is 0.456 e. The number of aromatic nitrogens is 3. The summed E-state index contributed by atoms with van der Waals surface area (Å²) in [5.74, 6) is 0.120. The van der Waals surface area contributed by atoms with Gasteiger partial charge in [0.15, 0.2) is 17.5 Å². The summed E-state index contributed by atoms with van der Waals surface area (Å²) in [6, 6.07) is 8.90. The zero-order valence-corrected chi connectivity index (χ0v) is 28.7. The standard InChI is InChI=1S/C51H31N3O2/c1-4-12-32(13-5-1)38-26-39(33-14-6-2-7-15-33)28-40(27-38)35-22-25-46-44(29-35)43-24-21-37(31-48(43)56-46)51-53-49(34-16-8-3-9-17-34)52-50(54-51)36-20-23-42-41-18-10-11-19-45(41)55-47(42)30-36/h1-31H/i1D,2D,4D,5D,6D,7D,12D,13D,14D,15D,21D,24D,25D,26D,27D,28D,29D,31D. The molecule has 0 aliphatic carbocycles. The number of furan rings is 2. The molecule has 11 rings (SSSR count). The Hall–Kier alpha value is -7.63. The zero-order valence-electron chi connectivity index (χ0n) is 46.7. The van der Waals surface area contributed by atoms with Gasteiger partial charge in [0, 0.05) is 38.2 Å². The van der Waals surface area contributed by atoms with E-state index in [1.54, 1.807) is 42.5 Å². The van der Waals surface area contributed by atoms with Gasteiger partial charge in [0.2, 0.25) is 0 Å². The molecule has 0 spiro atoms. The first-order valence-corrected chi connectivity index (χ1v) is 17.2. The molecular formula is C51H31N3O2. The maximum absolute atomic E-state index is 9.71. The van der Waals surface area contributed by atoms with Crippen LogP contribution in [0.15, 0.2) is 196 Å². The van der Waals surface area contributed by atoms with Crippen LogP contribution in [0, 0.1) is 0 Å². The summed E-state index contributed by atoms with van der Waals surface area (Å²) in [7, 11) is 0. The minimum absolute atomic E-state index is 0.139. The highest BCUT2D eigenvalue weighted by Crippen LogP contribution is 2.38. The predicted molar refractivity (Wildman–Crippen MR) is 227 cm³/mol. The number of hydrogen-bond acceptors (Lipinski definition) is 5. The quantitative estimate of drug-likeness (QED) is 0.170. The van der Waals surface area contributed by atoms with Gasteiger partial charge in [-0.15, -0.1) is 0 Å². The molecule has 0 aliphatic rings. The number of para-hydroxylation sites is 1. The topological polar surface area (TPSA) is 65.0 Å².